The molecule has 2 atom stereocenters. The first-order valence-electron chi connectivity index (χ1n) is 9.05. The van der Waals surface area contributed by atoms with E-state index >= 15 is 0 Å². The first kappa shape index (κ1) is 21.3. The van der Waals surface area contributed by atoms with Gasteiger partial charge in [0.05, 0.1) is 6.04 Å². The summed E-state index contributed by atoms with van der Waals surface area (Å²) >= 11 is 0. The molecule has 27 heavy (non-hydrogen) atoms. The van der Waals surface area contributed by atoms with Gasteiger partial charge in [-0.3, -0.25) is 4.79 Å². The minimum Gasteiger partial charge on any atom is -0.333 e. The molecule has 6 heteroatoms. The van der Waals surface area contributed by atoms with E-state index < -0.39 is 0 Å². The van der Waals surface area contributed by atoms with Gasteiger partial charge in [-0.2, -0.15) is 0 Å². The summed E-state index contributed by atoms with van der Waals surface area (Å²) in [5, 5.41) is 3.28. The lowest BCUT2D eigenvalue weighted by atomic mass is 9.96. The van der Waals surface area contributed by atoms with Crippen LogP contribution < -0.4 is 5.32 Å². The summed E-state index contributed by atoms with van der Waals surface area (Å²) in [6.07, 6.45) is 1.31. The second-order valence-electron chi connectivity index (χ2n) is 6.88. The molecule has 2 unspecified atom stereocenters. The van der Waals surface area contributed by atoms with Gasteiger partial charge in [0.15, 0.2) is 0 Å². The van der Waals surface area contributed by atoms with Crippen LogP contribution in [0, 0.1) is 17.6 Å². The number of carbonyl (C=O) groups is 1. The summed E-state index contributed by atoms with van der Waals surface area (Å²) in [4.78, 5) is 14.8. The number of nitrogens with one attached hydrogen (secondary N) is 1. The second kappa shape index (κ2) is 9.81. The molecule has 0 bridgehead atoms. The molecular formula is C21H25ClF2N2O. The van der Waals surface area contributed by atoms with Gasteiger partial charge in [-0.05, 0) is 48.2 Å². The minimum absolute atomic E-state index is 0. The van der Waals surface area contributed by atoms with E-state index in [0.29, 0.717) is 25.9 Å². The number of hydrogen-bond donors (Lipinski definition) is 1. The van der Waals surface area contributed by atoms with Crippen LogP contribution in [0.5, 0.6) is 0 Å². The highest BCUT2D eigenvalue weighted by Gasteiger charge is 2.30. The average Bonchev–Trinajstić information content (AvgIpc) is 2.65. The third kappa shape index (κ3) is 5.50. The Bertz CT molecular complexity index is 771. The van der Waals surface area contributed by atoms with Gasteiger partial charge in [-0.25, -0.2) is 8.78 Å². The third-order valence-electron chi connectivity index (χ3n) is 4.94. The summed E-state index contributed by atoms with van der Waals surface area (Å²) in [5.41, 5.74) is 1.70. The molecular weight excluding hydrogens is 370 g/mol. The predicted molar refractivity (Wildman–Crippen MR) is 105 cm³/mol. The van der Waals surface area contributed by atoms with E-state index in [1.54, 1.807) is 12.1 Å². The van der Waals surface area contributed by atoms with E-state index in [1.807, 2.05) is 24.0 Å². The Labute approximate surface area is 165 Å². The summed E-state index contributed by atoms with van der Waals surface area (Å²) in [6, 6.07) is 12.8. The van der Waals surface area contributed by atoms with Crippen molar-refractivity contribution in [3.8, 4) is 0 Å². The molecule has 1 heterocycles. The van der Waals surface area contributed by atoms with Crippen LogP contribution in [0.3, 0.4) is 0 Å². The second-order valence-corrected chi connectivity index (χ2v) is 6.88. The Hall–Kier alpha value is -1.98. The van der Waals surface area contributed by atoms with Gasteiger partial charge in [-0.15, -0.1) is 12.4 Å². The van der Waals surface area contributed by atoms with Crippen LogP contribution in [0.2, 0.25) is 0 Å². The lowest BCUT2D eigenvalue weighted by molar-refractivity contribution is -0.138. The molecule has 0 aliphatic carbocycles. The molecule has 2 aromatic rings. The number of halogens is 3. The van der Waals surface area contributed by atoms with E-state index in [0.717, 1.165) is 17.7 Å². The van der Waals surface area contributed by atoms with Crippen molar-refractivity contribution in [2.24, 2.45) is 5.92 Å². The number of benzene rings is 2. The zero-order valence-corrected chi connectivity index (χ0v) is 16.1. The van der Waals surface area contributed by atoms with Crippen molar-refractivity contribution in [3.05, 3.63) is 71.3 Å². The molecule has 3 nitrogen and oxygen atoms in total. The molecule has 2 aromatic carbocycles. The fourth-order valence-corrected chi connectivity index (χ4v) is 3.46. The first-order valence-corrected chi connectivity index (χ1v) is 9.05. The molecule has 0 saturated carbocycles. The molecule has 1 saturated heterocycles. The van der Waals surface area contributed by atoms with E-state index in [9.17, 15) is 13.6 Å². The van der Waals surface area contributed by atoms with Gasteiger partial charge in [0.25, 0.3) is 0 Å². The van der Waals surface area contributed by atoms with Gasteiger partial charge in [-0.1, -0.05) is 31.2 Å². The molecule has 0 spiro atoms. The number of piperazine rings is 1. The SMILES string of the molecule is CC(CCc1cccc(F)c1)C(=O)N1CCNCC1c1cccc(F)c1.Cl. The molecule has 3 rings (SSSR count). The van der Waals surface area contributed by atoms with Crippen molar-refractivity contribution in [2.75, 3.05) is 19.6 Å². The zero-order valence-electron chi connectivity index (χ0n) is 15.3. The van der Waals surface area contributed by atoms with Crippen LogP contribution in [-0.4, -0.2) is 30.4 Å². The van der Waals surface area contributed by atoms with Gasteiger partial charge in [0, 0.05) is 25.6 Å². The fourth-order valence-electron chi connectivity index (χ4n) is 3.46. The molecule has 1 amide bonds. The highest BCUT2D eigenvalue weighted by atomic mass is 35.5. The molecule has 1 aliphatic heterocycles. The standard InChI is InChI=1S/C21H24F2N2O.ClH/c1-15(8-9-16-4-2-6-18(22)12-16)21(26)25-11-10-24-14-20(25)17-5-3-7-19(23)13-17;/h2-7,12-13,15,20,24H,8-11,14H2,1H3;1H. The monoisotopic (exact) mass is 394 g/mol. The lowest BCUT2D eigenvalue weighted by Crippen LogP contribution is -2.50. The summed E-state index contributed by atoms with van der Waals surface area (Å²) in [5.74, 6) is -0.654. The van der Waals surface area contributed by atoms with Crippen LogP contribution in [0.25, 0.3) is 0 Å². The molecule has 0 radical (unpaired) electrons. The normalized spacial score (nSPS) is 17.9. The van der Waals surface area contributed by atoms with Crippen LogP contribution in [0.4, 0.5) is 8.78 Å². The predicted octanol–water partition coefficient (Wildman–Crippen LogP) is 4.13. The van der Waals surface area contributed by atoms with Crippen molar-refractivity contribution in [1.82, 2.24) is 10.2 Å². The maximum atomic E-state index is 13.6. The molecule has 1 N–H and O–H groups in total. The Balaban J connectivity index is 0.00000261. The highest BCUT2D eigenvalue weighted by Crippen LogP contribution is 2.25. The minimum atomic E-state index is -0.292. The Kier molecular flexibility index (Phi) is 7.75. The Morgan fingerprint density at radius 1 is 1.19 bits per heavy atom. The number of rotatable bonds is 5. The van der Waals surface area contributed by atoms with Crippen LogP contribution in [0.15, 0.2) is 48.5 Å². The van der Waals surface area contributed by atoms with Gasteiger partial charge >= 0.3 is 0 Å². The van der Waals surface area contributed by atoms with Crippen molar-refractivity contribution in [2.45, 2.75) is 25.8 Å². The largest absolute Gasteiger partial charge is 0.333 e. The highest BCUT2D eigenvalue weighted by molar-refractivity contribution is 5.85. The van der Waals surface area contributed by atoms with Crippen LogP contribution in [0.1, 0.15) is 30.5 Å². The van der Waals surface area contributed by atoms with Crippen molar-refractivity contribution >= 4 is 18.3 Å². The maximum Gasteiger partial charge on any atom is 0.226 e. The smallest absolute Gasteiger partial charge is 0.226 e. The van der Waals surface area contributed by atoms with Crippen LogP contribution in [-0.2, 0) is 11.2 Å². The lowest BCUT2D eigenvalue weighted by Gasteiger charge is -2.38. The number of nitrogens with zero attached hydrogens (tertiary/aromatic N) is 1. The number of aryl methyl sites for hydroxylation is 1. The summed E-state index contributed by atoms with van der Waals surface area (Å²) < 4.78 is 26.9. The number of hydrogen-bond acceptors (Lipinski definition) is 2. The molecule has 1 aliphatic rings. The maximum absolute atomic E-state index is 13.6. The topological polar surface area (TPSA) is 32.3 Å². The molecule has 1 fully saturated rings. The van der Waals surface area contributed by atoms with Crippen molar-refractivity contribution < 1.29 is 13.6 Å². The quantitative estimate of drug-likeness (QED) is 0.827. The van der Waals surface area contributed by atoms with Crippen molar-refractivity contribution in [3.63, 3.8) is 0 Å². The Morgan fingerprint density at radius 3 is 2.59 bits per heavy atom. The first-order chi connectivity index (χ1) is 12.5. The fraction of sp³-hybridized carbons (Fsp3) is 0.381. The van der Waals surface area contributed by atoms with E-state index in [4.69, 9.17) is 0 Å². The number of amides is 1. The number of carbonyl (C=O) groups excluding carboxylic acids is 1. The molecule has 146 valence electrons. The van der Waals surface area contributed by atoms with Crippen LogP contribution >= 0.6 is 12.4 Å². The van der Waals surface area contributed by atoms with Crippen molar-refractivity contribution in [1.29, 1.82) is 0 Å². The third-order valence-corrected chi connectivity index (χ3v) is 4.94. The van der Waals surface area contributed by atoms with Gasteiger partial charge in [0.1, 0.15) is 11.6 Å². The van der Waals surface area contributed by atoms with E-state index in [1.165, 1.54) is 24.3 Å². The van der Waals surface area contributed by atoms with E-state index in [2.05, 4.69) is 5.32 Å². The van der Waals surface area contributed by atoms with E-state index in [-0.39, 0.29) is 41.9 Å². The van der Waals surface area contributed by atoms with Gasteiger partial charge < -0.3 is 10.2 Å². The van der Waals surface area contributed by atoms with Gasteiger partial charge in [0.2, 0.25) is 5.91 Å². The Morgan fingerprint density at radius 2 is 1.89 bits per heavy atom. The summed E-state index contributed by atoms with van der Waals surface area (Å²) in [6.45, 7) is 3.86. The summed E-state index contributed by atoms with van der Waals surface area (Å²) in [7, 11) is 0. The zero-order chi connectivity index (χ0) is 18.5. The molecule has 0 aromatic heterocycles. The average molecular weight is 395 g/mol.